The first-order valence-corrected chi connectivity index (χ1v) is 11.4. The third kappa shape index (κ3) is 4.56. The Hall–Kier alpha value is -2.54. The Labute approximate surface area is 172 Å². The first kappa shape index (κ1) is 21.2. The van der Waals surface area contributed by atoms with Crippen LogP contribution in [0.4, 0.5) is 5.69 Å². The average Bonchev–Trinajstić information content (AvgIpc) is 3.15. The Bertz CT molecular complexity index is 986. The topological polar surface area (TPSA) is 75.7 Å². The highest BCUT2D eigenvalue weighted by molar-refractivity contribution is 7.92. The summed E-state index contributed by atoms with van der Waals surface area (Å²) in [5, 5.41) is 2.87. The maximum absolute atomic E-state index is 13.3. The highest BCUT2D eigenvalue weighted by Crippen LogP contribution is 2.33. The fourth-order valence-electron chi connectivity index (χ4n) is 3.52. The van der Waals surface area contributed by atoms with E-state index in [4.69, 9.17) is 4.74 Å². The molecule has 7 heteroatoms. The summed E-state index contributed by atoms with van der Waals surface area (Å²) in [6.07, 6.45) is 2.56. The van der Waals surface area contributed by atoms with Crippen LogP contribution in [0.25, 0.3) is 0 Å². The van der Waals surface area contributed by atoms with Crippen LogP contribution in [0.5, 0.6) is 5.75 Å². The minimum absolute atomic E-state index is 0.0855. The van der Waals surface area contributed by atoms with Gasteiger partial charge in [0.2, 0.25) is 0 Å². The van der Waals surface area contributed by atoms with Crippen LogP contribution in [-0.2, 0) is 16.4 Å². The quantitative estimate of drug-likeness (QED) is 0.667. The van der Waals surface area contributed by atoms with E-state index in [1.54, 1.807) is 0 Å². The average molecular weight is 417 g/mol. The minimum Gasteiger partial charge on any atom is -0.496 e. The van der Waals surface area contributed by atoms with Gasteiger partial charge < -0.3 is 10.1 Å². The van der Waals surface area contributed by atoms with E-state index >= 15 is 0 Å². The van der Waals surface area contributed by atoms with Crippen molar-refractivity contribution in [3.63, 3.8) is 0 Å². The van der Waals surface area contributed by atoms with Gasteiger partial charge in [0.05, 0.1) is 23.3 Å². The lowest BCUT2D eigenvalue weighted by Gasteiger charge is -2.20. The number of ether oxygens (including phenoxy) is 1. The van der Waals surface area contributed by atoms with Crippen LogP contribution in [-0.4, -0.2) is 34.5 Å². The molecule has 0 fully saturated rings. The van der Waals surface area contributed by atoms with Crippen LogP contribution >= 0.6 is 0 Å². The van der Waals surface area contributed by atoms with Crippen molar-refractivity contribution in [3.8, 4) is 5.75 Å². The number of nitrogens with one attached hydrogen (secondary N) is 1. The van der Waals surface area contributed by atoms with E-state index in [0.717, 1.165) is 18.4 Å². The van der Waals surface area contributed by atoms with E-state index in [-0.39, 0.29) is 16.4 Å². The van der Waals surface area contributed by atoms with Crippen molar-refractivity contribution >= 4 is 21.6 Å². The van der Waals surface area contributed by atoms with Crippen LogP contribution in [0.2, 0.25) is 0 Å². The third-order valence-corrected chi connectivity index (χ3v) is 6.90. The molecule has 0 spiro atoms. The van der Waals surface area contributed by atoms with Gasteiger partial charge in [-0.1, -0.05) is 32.0 Å². The molecule has 1 aliphatic rings. The van der Waals surface area contributed by atoms with Crippen LogP contribution in [0.3, 0.4) is 0 Å². The van der Waals surface area contributed by atoms with Crippen molar-refractivity contribution in [2.75, 3.05) is 24.5 Å². The molecule has 1 N–H and O–H groups in total. The first-order valence-electron chi connectivity index (χ1n) is 9.91. The predicted molar refractivity (Wildman–Crippen MR) is 114 cm³/mol. The Balaban J connectivity index is 1.85. The smallest absolute Gasteiger partial charge is 0.264 e. The van der Waals surface area contributed by atoms with Gasteiger partial charge in [-0.3, -0.25) is 9.10 Å². The number of methoxy groups -OCH3 is 1. The molecular weight excluding hydrogens is 388 g/mol. The summed E-state index contributed by atoms with van der Waals surface area (Å²) in [6, 6.07) is 11.9. The lowest BCUT2D eigenvalue weighted by molar-refractivity contribution is 0.0949. The van der Waals surface area contributed by atoms with Crippen molar-refractivity contribution in [1.82, 2.24) is 5.32 Å². The van der Waals surface area contributed by atoms with Gasteiger partial charge in [0.25, 0.3) is 15.9 Å². The number of sulfonamides is 1. The molecule has 1 amide bonds. The van der Waals surface area contributed by atoms with Gasteiger partial charge in [-0.2, -0.15) is 0 Å². The standard InChI is InChI=1S/C22H28N2O4S/c1-16(2)7-6-13-23-22(25)19-15-18(10-11-21(19)28-3)29(26,27)24-14-12-17-8-4-5-9-20(17)24/h4-5,8-11,15-16H,6-7,12-14H2,1-3H3,(H,23,25). The molecule has 2 aromatic carbocycles. The van der Waals surface area contributed by atoms with Gasteiger partial charge in [0.1, 0.15) is 5.75 Å². The number of amides is 1. The molecule has 2 aromatic rings. The molecule has 0 aromatic heterocycles. The van der Waals surface area contributed by atoms with Crippen LogP contribution in [0, 0.1) is 5.92 Å². The number of anilines is 1. The summed E-state index contributed by atoms with van der Waals surface area (Å²) in [6.45, 7) is 5.20. The Kier molecular flexibility index (Phi) is 6.47. The lowest BCUT2D eigenvalue weighted by Crippen LogP contribution is -2.30. The minimum atomic E-state index is -3.77. The Morgan fingerprint density at radius 2 is 1.97 bits per heavy atom. The predicted octanol–water partition coefficient (Wildman–Crippen LogP) is 3.61. The number of benzene rings is 2. The molecule has 1 aliphatic heterocycles. The highest BCUT2D eigenvalue weighted by atomic mass is 32.2. The zero-order valence-electron chi connectivity index (χ0n) is 17.1. The summed E-state index contributed by atoms with van der Waals surface area (Å²) in [5.41, 5.74) is 1.93. The fourth-order valence-corrected chi connectivity index (χ4v) is 5.05. The molecule has 1 heterocycles. The van der Waals surface area contributed by atoms with Crippen LogP contribution in [0.1, 0.15) is 42.6 Å². The second kappa shape index (κ2) is 8.86. The number of rotatable bonds is 8. The van der Waals surface area contributed by atoms with E-state index in [0.29, 0.717) is 36.9 Å². The number of carbonyl (C=O) groups is 1. The summed E-state index contributed by atoms with van der Waals surface area (Å²) in [5.74, 6) is 0.592. The molecule has 0 unspecified atom stereocenters. The first-order chi connectivity index (χ1) is 13.8. The van der Waals surface area contributed by atoms with Gasteiger partial charge in [-0.15, -0.1) is 0 Å². The monoisotopic (exact) mass is 416 g/mol. The van der Waals surface area contributed by atoms with E-state index < -0.39 is 10.0 Å². The molecule has 0 saturated heterocycles. The second-order valence-corrected chi connectivity index (χ2v) is 9.47. The largest absolute Gasteiger partial charge is 0.496 e. The maximum Gasteiger partial charge on any atom is 0.264 e. The van der Waals surface area contributed by atoms with Crippen molar-refractivity contribution < 1.29 is 17.9 Å². The number of para-hydroxylation sites is 1. The van der Waals surface area contributed by atoms with Crippen molar-refractivity contribution in [3.05, 3.63) is 53.6 Å². The Morgan fingerprint density at radius 1 is 1.21 bits per heavy atom. The summed E-state index contributed by atoms with van der Waals surface area (Å²) in [4.78, 5) is 12.8. The third-order valence-electron chi connectivity index (χ3n) is 5.09. The number of fused-ring (bicyclic) bond motifs is 1. The molecule has 3 rings (SSSR count). The number of hydrogen-bond donors (Lipinski definition) is 1. The second-order valence-electron chi connectivity index (χ2n) is 7.61. The molecule has 0 radical (unpaired) electrons. The summed E-state index contributed by atoms with van der Waals surface area (Å²) in [7, 11) is -2.30. The number of carbonyl (C=O) groups excluding carboxylic acids is 1. The van der Waals surface area contributed by atoms with Crippen molar-refractivity contribution in [2.45, 2.75) is 38.0 Å². The summed E-state index contributed by atoms with van der Waals surface area (Å²) >= 11 is 0. The van der Waals surface area contributed by atoms with E-state index in [1.807, 2.05) is 24.3 Å². The van der Waals surface area contributed by atoms with Gasteiger partial charge in [0, 0.05) is 13.1 Å². The van der Waals surface area contributed by atoms with Gasteiger partial charge in [-0.25, -0.2) is 8.42 Å². The molecule has 6 nitrogen and oxygen atoms in total. The fraction of sp³-hybridized carbons (Fsp3) is 0.409. The van der Waals surface area contributed by atoms with Crippen LogP contribution in [0.15, 0.2) is 47.4 Å². The number of nitrogens with zero attached hydrogens (tertiary/aromatic N) is 1. The molecule has 0 saturated carbocycles. The van der Waals surface area contributed by atoms with Crippen LogP contribution < -0.4 is 14.4 Å². The zero-order valence-corrected chi connectivity index (χ0v) is 18.0. The summed E-state index contributed by atoms with van der Waals surface area (Å²) < 4.78 is 33.2. The van der Waals surface area contributed by atoms with Gasteiger partial charge in [-0.05, 0) is 55.0 Å². The molecular formula is C22H28N2O4S. The maximum atomic E-state index is 13.3. The lowest BCUT2D eigenvalue weighted by atomic mass is 10.1. The highest BCUT2D eigenvalue weighted by Gasteiger charge is 2.31. The molecule has 0 bridgehead atoms. The molecule has 156 valence electrons. The van der Waals surface area contributed by atoms with Gasteiger partial charge >= 0.3 is 0 Å². The van der Waals surface area contributed by atoms with E-state index in [9.17, 15) is 13.2 Å². The van der Waals surface area contributed by atoms with Crippen molar-refractivity contribution in [1.29, 1.82) is 0 Å². The molecule has 0 aliphatic carbocycles. The van der Waals surface area contributed by atoms with Gasteiger partial charge in [0.15, 0.2) is 0 Å². The SMILES string of the molecule is COc1ccc(S(=O)(=O)N2CCc3ccccc32)cc1C(=O)NCCCC(C)C. The Morgan fingerprint density at radius 3 is 2.69 bits per heavy atom. The zero-order chi connectivity index (χ0) is 21.0. The van der Waals surface area contributed by atoms with Crippen molar-refractivity contribution in [2.24, 2.45) is 5.92 Å². The molecule has 0 atom stereocenters. The number of hydrogen-bond acceptors (Lipinski definition) is 4. The normalized spacial score (nSPS) is 13.4. The molecule has 29 heavy (non-hydrogen) atoms. The van der Waals surface area contributed by atoms with E-state index in [1.165, 1.54) is 29.6 Å². The van der Waals surface area contributed by atoms with E-state index in [2.05, 4.69) is 19.2 Å².